The summed E-state index contributed by atoms with van der Waals surface area (Å²) in [5.74, 6) is -1.46. The highest BCUT2D eigenvalue weighted by Crippen LogP contribution is 2.17. The van der Waals surface area contributed by atoms with Gasteiger partial charge in [-0.25, -0.2) is 8.78 Å². The Kier molecular flexibility index (Phi) is 5.38. The van der Waals surface area contributed by atoms with Crippen LogP contribution in [0.25, 0.3) is 0 Å². The molecule has 1 aromatic rings. The van der Waals surface area contributed by atoms with Crippen LogP contribution < -0.4 is 5.32 Å². The zero-order valence-corrected chi connectivity index (χ0v) is 11.2. The highest BCUT2D eigenvalue weighted by Gasteiger charge is 2.18. The second-order valence-corrected chi connectivity index (χ2v) is 4.54. The molecule has 0 spiro atoms. The van der Waals surface area contributed by atoms with Crippen LogP contribution in [0.1, 0.15) is 18.6 Å². The molecule has 2 atom stereocenters. The van der Waals surface area contributed by atoms with Crippen LogP contribution in [0.2, 0.25) is 0 Å². The molecule has 0 fully saturated rings. The molecule has 0 heterocycles. The minimum Gasteiger partial charge on any atom is -0.387 e. The first-order valence-corrected chi connectivity index (χ1v) is 5.90. The van der Waals surface area contributed by atoms with Crippen molar-refractivity contribution in [1.82, 2.24) is 10.2 Å². The van der Waals surface area contributed by atoms with Gasteiger partial charge in [0.15, 0.2) is 0 Å². The summed E-state index contributed by atoms with van der Waals surface area (Å²) in [5.41, 5.74) is -0.128. The molecule has 0 aliphatic heterocycles. The molecule has 1 amide bonds. The number of rotatable bonds is 5. The van der Waals surface area contributed by atoms with Gasteiger partial charge in [0.1, 0.15) is 11.6 Å². The van der Waals surface area contributed by atoms with Gasteiger partial charge in [0.05, 0.1) is 12.1 Å². The summed E-state index contributed by atoms with van der Waals surface area (Å²) in [6.07, 6.45) is -1.21. The Bertz CT molecular complexity index is 452. The van der Waals surface area contributed by atoms with Crippen molar-refractivity contribution in [3.63, 3.8) is 0 Å². The van der Waals surface area contributed by atoms with E-state index in [1.165, 1.54) is 4.90 Å². The molecule has 106 valence electrons. The Morgan fingerprint density at radius 1 is 1.42 bits per heavy atom. The minimum atomic E-state index is -1.21. The number of halogens is 2. The maximum atomic E-state index is 13.4. The molecule has 0 aliphatic rings. The fraction of sp³-hybridized carbons (Fsp3) is 0.462. The normalized spacial score (nSPS) is 14.0. The molecule has 0 bridgehead atoms. The first-order chi connectivity index (χ1) is 8.82. The summed E-state index contributed by atoms with van der Waals surface area (Å²) in [6.45, 7) is 1.60. The van der Waals surface area contributed by atoms with E-state index in [1.807, 2.05) is 0 Å². The predicted molar refractivity (Wildman–Crippen MR) is 67.5 cm³/mol. The second-order valence-electron chi connectivity index (χ2n) is 4.54. The zero-order chi connectivity index (χ0) is 14.6. The summed E-state index contributed by atoms with van der Waals surface area (Å²) in [6, 6.07) is 2.38. The molecule has 0 saturated carbocycles. The van der Waals surface area contributed by atoms with Crippen LogP contribution >= 0.6 is 0 Å². The Balaban J connectivity index is 2.63. The van der Waals surface area contributed by atoms with Crippen molar-refractivity contribution < 1.29 is 18.7 Å². The van der Waals surface area contributed by atoms with Crippen LogP contribution in [-0.2, 0) is 4.79 Å². The second kappa shape index (κ2) is 6.58. The average Bonchev–Trinajstić information content (AvgIpc) is 2.37. The van der Waals surface area contributed by atoms with Crippen LogP contribution in [0.3, 0.4) is 0 Å². The van der Waals surface area contributed by atoms with Crippen molar-refractivity contribution in [1.29, 1.82) is 0 Å². The molecule has 0 saturated heterocycles. The van der Waals surface area contributed by atoms with Gasteiger partial charge in [-0.15, -0.1) is 0 Å². The Morgan fingerprint density at radius 3 is 2.63 bits per heavy atom. The van der Waals surface area contributed by atoms with Gasteiger partial charge in [-0.05, 0) is 25.1 Å². The van der Waals surface area contributed by atoms with Gasteiger partial charge in [0.2, 0.25) is 5.91 Å². The van der Waals surface area contributed by atoms with Crippen LogP contribution in [-0.4, -0.2) is 42.6 Å². The number of benzene rings is 1. The first kappa shape index (κ1) is 15.5. The maximum Gasteiger partial charge on any atom is 0.238 e. The van der Waals surface area contributed by atoms with Crippen LogP contribution in [0.15, 0.2) is 18.2 Å². The smallest absolute Gasteiger partial charge is 0.238 e. The molecule has 6 heteroatoms. The first-order valence-electron chi connectivity index (χ1n) is 5.90. The summed E-state index contributed by atoms with van der Waals surface area (Å²) in [5, 5.41) is 12.6. The molecule has 4 nitrogen and oxygen atoms in total. The molecule has 1 rings (SSSR count). The minimum absolute atomic E-state index is 0.0406. The molecule has 2 N–H and O–H groups in total. The molecular weight excluding hydrogens is 254 g/mol. The van der Waals surface area contributed by atoms with E-state index in [0.717, 1.165) is 18.2 Å². The van der Waals surface area contributed by atoms with Gasteiger partial charge in [-0.2, -0.15) is 0 Å². The molecule has 0 aromatic heterocycles. The predicted octanol–water partition coefficient (Wildman–Crippen LogP) is 1.06. The van der Waals surface area contributed by atoms with Crippen molar-refractivity contribution in [3.8, 4) is 0 Å². The van der Waals surface area contributed by atoms with Gasteiger partial charge < -0.3 is 15.3 Å². The molecule has 2 unspecified atom stereocenters. The standard InChI is InChI=1S/C13H18F2N2O2/c1-8(13(19)17(2)3)16-7-12(18)10-6-9(14)4-5-11(10)15/h4-6,8,12,16,18H,7H2,1-3H3. The van der Waals surface area contributed by atoms with Crippen molar-refractivity contribution in [3.05, 3.63) is 35.4 Å². The highest BCUT2D eigenvalue weighted by molar-refractivity contribution is 5.80. The summed E-state index contributed by atoms with van der Waals surface area (Å²) < 4.78 is 26.4. The van der Waals surface area contributed by atoms with Crippen LogP contribution in [0.4, 0.5) is 8.78 Å². The lowest BCUT2D eigenvalue weighted by atomic mass is 10.1. The fourth-order valence-corrected chi connectivity index (χ4v) is 1.64. The third-order valence-electron chi connectivity index (χ3n) is 2.75. The number of nitrogens with zero attached hydrogens (tertiary/aromatic N) is 1. The lowest BCUT2D eigenvalue weighted by Gasteiger charge is -2.20. The lowest BCUT2D eigenvalue weighted by Crippen LogP contribution is -2.43. The van der Waals surface area contributed by atoms with Crippen molar-refractivity contribution >= 4 is 5.91 Å². The Labute approximate surface area is 111 Å². The molecule has 19 heavy (non-hydrogen) atoms. The van der Waals surface area contributed by atoms with Gasteiger partial charge >= 0.3 is 0 Å². The Morgan fingerprint density at radius 2 is 2.05 bits per heavy atom. The van der Waals surface area contributed by atoms with Crippen LogP contribution in [0, 0.1) is 11.6 Å². The van der Waals surface area contributed by atoms with Crippen LogP contribution in [0.5, 0.6) is 0 Å². The van der Waals surface area contributed by atoms with E-state index in [2.05, 4.69) is 5.32 Å². The number of carbonyl (C=O) groups is 1. The number of hydrogen-bond donors (Lipinski definition) is 2. The van der Waals surface area contributed by atoms with E-state index in [4.69, 9.17) is 0 Å². The average molecular weight is 272 g/mol. The largest absolute Gasteiger partial charge is 0.387 e. The maximum absolute atomic E-state index is 13.4. The molecular formula is C13H18F2N2O2. The molecule has 0 radical (unpaired) electrons. The number of carbonyl (C=O) groups excluding carboxylic acids is 1. The Hall–Kier alpha value is -1.53. The SMILES string of the molecule is CC(NCC(O)c1cc(F)ccc1F)C(=O)N(C)C. The van der Waals surface area contributed by atoms with E-state index in [9.17, 15) is 18.7 Å². The van der Waals surface area contributed by atoms with E-state index >= 15 is 0 Å². The number of aliphatic hydroxyl groups is 1. The number of amides is 1. The van der Waals surface area contributed by atoms with Gasteiger partial charge in [-0.3, -0.25) is 4.79 Å². The lowest BCUT2D eigenvalue weighted by molar-refractivity contribution is -0.130. The highest BCUT2D eigenvalue weighted by atomic mass is 19.1. The van der Waals surface area contributed by atoms with Crippen molar-refractivity contribution in [2.24, 2.45) is 0 Å². The zero-order valence-electron chi connectivity index (χ0n) is 11.2. The molecule has 0 aliphatic carbocycles. The van der Waals surface area contributed by atoms with E-state index < -0.39 is 23.8 Å². The van der Waals surface area contributed by atoms with E-state index in [0.29, 0.717) is 0 Å². The number of nitrogens with one attached hydrogen (secondary N) is 1. The monoisotopic (exact) mass is 272 g/mol. The quantitative estimate of drug-likeness (QED) is 0.843. The summed E-state index contributed by atoms with van der Waals surface area (Å²) >= 11 is 0. The summed E-state index contributed by atoms with van der Waals surface area (Å²) in [4.78, 5) is 13.0. The van der Waals surface area contributed by atoms with E-state index in [-0.39, 0.29) is 18.0 Å². The van der Waals surface area contributed by atoms with Gasteiger partial charge in [0, 0.05) is 26.2 Å². The van der Waals surface area contributed by atoms with Gasteiger partial charge in [-0.1, -0.05) is 0 Å². The van der Waals surface area contributed by atoms with Crippen molar-refractivity contribution in [2.75, 3.05) is 20.6 Å². The molecule has 1 aromatic carbocycles. The number of likely N-dealkylation sites (N-methyl/N-ethyl adjacent to an activating group) is 1. The van der Waals surface area contributed by atoms with Gasteiger partial charge in [0.25, 0.3) is 0 Å². The van der Waals surface area contributed by atoms with E-state index in [1.54, 1.807) is 21.0 Å². The summed E-state index contributed by atoms with van der Waals surface area (Å²) in [7, 11) is 3.23. The number of aliphatic hydroxyl groups excluding tert-OH is 1. The van der Waals surface area contributed by atoms with Crippen molar-refractivity contribution in [2.45, 2.75) is 19.1 Å². The fourth-order valence-electron chi connectivity index (χ4n) is 1.64. The third kappa shape index (κ3) is 4.25. The topological polar surface area (TPSA) is 52.6 Å². The third-order valence-corrected chi connectivity index (χ3v) is 2.75. The number of hydrogen-bond acceptors (Lipinski definition) is 3.